The Morgan fingerprint density at radius 3 is 1.34 bits per heavy atom. The fraction of sp³-hybridized carbons (Fsp3) is 0.333. The molecule has 119 heavy (non-hydrogen) atoms. The van der Waals surface area contributed by atoms with Gasteiger partial charge in [-0.25, -0.2) is 18.4 Å². The molecule has 638 valence electrons. The molecule has 30 nitrogen and oxygen atoms in total. The molecule has 5 aromatic carbocycles. The maximum absolute atomic E-state index is 14.0. The summed E-state index contributed by atoms with van der Waals surface area (Å²) in [5, 5.41) is 0. The van der Waals surface area contributed by atoms with Gasteiger partial charge < -0.3 is 70.6 Å². The van der Waals surface area contributed by atoms with Crippen molar-refractivity contribution in [2.24, 2.45) is 0 Å². The molecule has 2 amide bonds. The third-order valence-corrected chi connectivity index (χ3v) is 17.7. The summed E-state index contributed by atoms with van der Waals surface area (Å²) in [5.41, 5.74) is 3.83. The minimum atomic E-state index is -0.753. The number of ketones is 1. The zero-order valence-electron chi connectivity index (χ0n) is 63.6. The van der Waals surface area contributed by atoms with Gasteiger partial charge in [0.05, 0.1) is 58.5 Å². The second-order valence-corrected chi connectivity index (χ2v) is 25.4. The Kier molecular flexibility index (Phi) is 42.0. The van der Waals surface area contributed by atoms with Crippen LogP contribution in [0.5, 0.6) is 23.0 Å². The molecule has 0 radical (unpaired) electrons. The first-order chi connectivity index (χ1) is 55.4. The van der Waals surface area contributed by atoms with Gasteiger partial charge in [0.1, 0.15) is 38.1 Å². The number of hydrogen-bond acceptors (Lipinski definition) is 25. The monoisotopic (exact) mass is 1650 g/mol. The average molecular weight is 1650 g/mol. The van der Waals surface area contributed by atoms with E-state index in [1.165, 1.54) is 32.7 Å². The summed E-state index contributed by atoms with van der Waals surface area (Å²) in [6, 6.07) is 40.7. The van der Waals surface area contributed by atoms with Crippen LogP contribution in [0.1, 0.15) is 156 Å². The number of benzene rings is 5. The number of fused-ring (bicyclic) bond motifs is 4. The molecule has 0 bridgehead atoms. The molecule has 0 aliphatic carbocycles. The molecule has 0 saturated carbocycles. The number of methoxy groups -OCH3 is 3. The van der Waals surface area contributed by atoms with Crippen LogP contribution < -0.4 is 40.7 Å². The van der Waals surface area contributed by atoms with E-state index < -0.39 is 46.9 Å². The van der Waals surface area contributed by atoms with Crippen molar-refractivity contribution in [1.82, 2.24) is 23.5 Å². The van der Waals surface area contributed by atoms with E-state index in [2.05, 4.69) is 4.74 Å². The highest BCUT2D eigenvalue weighted by Crippen LogP contribution is 2.31. The lowest BCUT2D eigenvalue weighted by Gasteiger charge is -2.40. The molecule has 4 aromatic heterocycles. The number of ether oxygens (including phenoxy) is 9. The van der Waals surface area contributed by atoms with Crippen LogP contribution in [0, 0.1) is 32.4 Å². The number of amides is 2. The lowest BCUT2D eigenvalue weighted by Crippen LogP contribution is -2.53. The molecule has 13 rings (SSSR count). The maximum Gasteiger partial charge on any atom is 0.378 e. The van der Waals surface area contributed by atoms with E-state index >= 15 is 0 Å². The van der Waals surface area contributed by atoms with Gasteiger partial charge in [0.25, 0.3) is 17.6 Å². The van der Waals surface area contributed by atoms with Crippen LogP contribution in [0.4, 0.5) is 8.78 Å². The van der Waals surface area contributed by atoms with Gasteiger partial charge in [-0.2, -0.15) is 28.8 Å². The van der Waals surface area contributed by atoms with E-state index in [1.54, 1.807) is 63.8 Å². The molecule has 9 aromatic rings. The summed E-state index contributed by atoms with van der Waals surface area (Å²) in [6.07, 6.45) is 7.07. The molecular weight excluding hydrogens is 1550 g/mol. The van der Waals surface area contributed by atoms with Crippen molar-refractivity contribution in [2.45, 2.75) is 148 Å². The van der Waals surface area contributed by atoms with Crippen molar-refractivity contribution in [3.05, 3.63) is 290 Å². The Morgan fingerprint density at radius 2 is 0.908 bits per heavy atom. The number of Topliss-reactive ketones (excluding diaryl/α,β-unsaturated/α-hetero) is 1. The second kappa shape index (κ2) is 50.1. The number of carbonyl (C=O) groups is 5. The first-order valence-electron chi connectivity index (χ1n) is 35.5. The summed E-state index contributed by atoms with van der Waals surface area (Å²) < 4.78 is 86.4. The first-order valence-corrected chi connectivity index (χ1v) is 35.5. The Morgan fingerprint density at radius 1 is 0.513 bits per heavy atom. The van der Waals surface area contributed by atoms with Crippen molar-refractivity contribution in [3.8, 4) is 23.0 Å². The molecule has 4 aliphatic rings. The van der Waals surface area contributed by atoms with Crippen LogP contribution >= 0.6 is 0 Å². The highest BCUT2D eigenvalue weighted by molar-refractivity contribution is 6.00. The number of aryl methyl sites for hydroxylation is 4. The number of nitrogens with zero attached hydrogens (tertiary/aromatic N) is 5. The molecule has 2 fully saturated rings. The van der Waals surface area contributed by atoms with Crippen molar-refractivity contribution in [2.75, 3.05) is 47.6 Å². The number of rotatable bonds is 21. The van der Waals surface area contributed by atoms with Crippen LogP contribution in [0.2, 0.25) is 0 Å². The fourth-order valence-corrected chi connectivity index (χ4v) is 12.0. The van der Waals surface area contributed by atoms with Crippen molar-refractivity contribution in [1.29, 1.82) is 0 Å². The van der Waals surface area contributed by atoms with E-state index in [-0.39, 0.29) is 183 Å². The van der Waals surface area contributed by atoms with Crippen LogP contribution in [0.3, 0.4) is 0 Å². The quantitative estimate of drug-likeness (QED) is 0.0476. The maximum atomic E-state index is 14.0. The molecule has 32 heteroatoms. The summed E-state index contributed by atoms with van der Waals surface area (Å²) in [7, 11) is 4.07. The summed E-state index contributed by atoms with van der Waals surface area (Å²) >= 11 is 0. The zero-order chi connectivity index (χ0) is 83.7. The Balaban J connectivity index is 0.000000782. The largest absolute Gasteiger partial charge is 0.483 e. The van der Waals surface area contributed by atoms with Crippen LogP contribution in [0.15, 0.2) is 188 Å². The molecular formula is C87H101F2N5O25. The standard InChI is InChI=1S/C27H24F2N2O5.C19H20N2O4.C19H23NO5.C15H14O5.3CO2.4CH4.2H2/c28-19-9-7-18(21(29)13-19)8-10-22(32)20-14-30-15-23-31(11-4-12-35-23)27(34)24(30)26(25(20)33)36-16-17-5-2-1-3-6-17;1-13-10-20-11-15-21(8-5-9-24-15)19(23)16(20)18(17(13)22)25-12-14-6-3-2-4-7-14;1-13-10-20(11-14(2)23-3)16(19(22)24-4)18(17(13)21)25-12-15-8-6-5-7-9-15;1-10-8-19-14(15(17)18-2)13(12(10)16)20-9-11-6-4-3-5-7-11;3*2-1-3;;;;;;/h1-3,5-7,9,13-14,23H,4,8,10-12,15-16H2;2-4,6-7,10,15H,5,8-9,11-12H2,1H3;5-10,14H,11-12H2,1-4H3;3-8H,9H2,1-2H3;;;;4*1H4;2*1H. The lowest BCUT2D eigenvalue weighted by atomic mass is 10.0. The fourth-order valence-electron chi connectivity index (χ4n) is 12.0. The number of aromatic nitrogens is 3. The summed E-state index contributed by atoms with van der Waals surface area (Å²) in [5.74, 6) is -4.34. The molecule has 4 aliphatic heterocycles. The van der Waals surface area contributed by atoms with Gasteiger partial charge in [0.15, 0.2) is 52.6 Å². The molecule has 3 atom stereocenters. The van der Waals surface area contributed by atoms with Gasteiger partial charge in [-0.1, -0.05) is 157 Å². The Bertz CT molecular complexity index is 5200. The van der Waals surface area contributed by atoms with Gasteiger partial charge in [-0.3, -0.25) is 33.6 Å². The van der Waals surface area contributed by atoms with Gasteiger partial charge in [-0.05, 0) is 80.8 Å². The normalized spacial score (nSPS) is 13.6. The second-order valence-electron chi connectivity index (χ2n) is 25.4. The van der Waals surface area contributed by atoms with Gasteiger partial charge in [-0.15, -0.1) is 0 Å². The Labute approximate surface area is 688 Å². The van der Waals surface area contributed by atoms with Gasteiger partial charge in [0.2, 0.25) is 27.5 Å². The molecule has 3 unspecified atom stereocenters. The highest BCUT2D eigenvalue weighted by Gasteiger charge is 2.40. The third kappa shape index (κ3) is 27.1. The van der Waals surface area contributed by atoms with Crippen molar-refractivity contribution >= 4 is 48.0 Å². The molecule has 0 spiro atoms. The van der Waals surface area contributed by atoms with E-state index in [4.69, 9.17) is 71.1 Å². The van der Waals surface area contributed by atoms with E-state index in [0.29, 0.717) is 68.2 Å². The molecule has 0 N–H and O–H groups in total. The van der Waals surface area contributed by atoms with E-state index in [1.807, 2.05) is 128 Å². The predicted molar refractivity (Wildman–Crippen MR) is 430 cm³/mol. The first kappa shape index (κ1) is 99.7. The summed E-state index contributed by atoms with van der Waals surface area (Å²) in [6.45, 7) is 11.0. The minimum Gasteiger partial charge on any atom is -0.483 e. The number of hydrogen-bond donors (Lipinski definition) is 0. The Hall–Kier alpha value is -13.5. The summed E-state index contributed by atoms with van der Waals surface area (Å²) in [4.78, 5) is 166. The van der Waals surface area contributed by atoms with E-state index in [0.717, 1.165) is 40.8 Å². The molecule has 2 saturated heterocycles. The topological polar surface area (TPSA) is 374 Å². The predicted octanol–water partition coefficient (Wildman–Crippen LogP) is 11.8. The minimum absolute atomic E-state index is 0. The van der Waals surface area contributed by atoms with Crippen LogP contribution in [-0.4, -0.2) is 138 Å². The number of halogens is 2. The number of carbonyl (C=O) groups excluding carboxylic acids is 11. The number of esters is 2. The van der Waals surface area contributed by atoms with Crippen LogP contribution in [-0.2, 0) is 105 Å². The van der Waals surface area contributed by atoms with Gasteiger partial charge in [0, 0.05) is 77.4 Å². The van der Waals surface area contributed by atoms with E-state index in [9.17, 15) is 51.9 Å². The SMILES string of the molecule is C.C.C.C.COC(=O)c1c(OCc2ccccc2)c(=O)c(C)cn1CC(C)OC.COC(=O)c1occ(C)c(=O)c1OCc1ccccc1.Cc1cn2c(c(OCc3ccccc3)c1=O)C(=O)N1CCCOC1C2.O=C(CCc1ccc(F)cc1F)c1cn2c(c(OCc3ccccc3)c1=O)C(=O)N1CCCOC1C2.O=C=O.O=C=O.O=C=O.[HH].[HH]. The highest BCUT2D eigenvalue weighted by atomic mass is 19.1. The lowest BCUT2D eigenvalue weighted by molar-refractivity contribution is -0.193. The number of pyridine rings is 3. The third-order valence-electron chi connectivity index (χ3n) is 17.7. The smallest absolute Gasteiger partial charge is 0.378 e. The molecule has 8 heterocycles. The van der Waals surface area contributed by atoms with Crippen LogP contribution in [0.25, 0.3) is 0 Å². The zero-order valence-corrected chi connectivity index (χ0v) is 63.6. The average Bonchev–Trinajstić information content (AvgIpc) is 0.769. The van der Waals surface area contributed by atoms with Gasteiger partial charge >= 0.3 is 30.4 Å². The van der Waals surface area contributed by atoms with Crippen molar-refractivity contribution < 1.29 is 111 Å². The van der Waals surface area contributed by atoms with Crippen molar-refractivity contribution in [3.63, 3.8) is 0 Å².